The van der Waals surface area contributed by atoms with Gasteiger partial charge in [0.05, 0.1) is 0 Å². The Morgan fingerprint density at radius 3 is 1.15 bits per heavy atom. The van der Waals surface area contributed by atoms with Gasteiger partial charge < -0.3 is 29.6 Å². The summed E-state index contributed by atoms with van der Waals surface area (Å²) >= 11 is 11.6. The molecule has 5 aromatic rings. The molecule has 0 unspecified atom stereocenters. The molecule has 4 amide bonds. The summed E-state index contributed by atoms with van der Waals surface area (Å²) in [5.74, 6) is 0.0821. The van der Waals surface area contributed by atoms with E-state index in [1.54, 1.807) is 18.2 Å². The van der Waals surface area contributed by atoms with Gasteiger partial charge in [-0.3, -0.25) is 0 Å². The maximum atomic E-state index is 12.6. The molecule has 48 heavy (non-hydrogen) atoms. The molecule has 0 spiro atoms. The first-order valence-electron chi connectivity index (χ1n) is 13.7. The lowest BCUT2D eigenvalue weighted by molar-refractivity contribution is 0.261. The number of urea groups is 2. The van der Waals surface area contributed by atoms with Gasteiger partial charge in [-0.25, -0.2) is 9.59 Å². The SMILES string of the molecule is O=C(Nc1ccc(OS(=O)(=O)c2ccc(Cl)cc2)cc1)Nc1cccc(NC(=O)Nc2ccc(OS(=O)(=O)c3ccc(Cl)cc3)cc2)c1. The number of rotatable bonds is 10. The van der Waals surface area contributed by atoms with E-state index in [9.17, 15) is 26.4 Å². The lowest BCUT2D eigenvalue weighted by atomic mass is 10.2. The van der Waals surface area contributed by atoms with Crippen LogP contribution in [0.4, 0.5) is 32.3 Å². The molecule has 0 aliphatic carbocycles. The standard InChI is InChI=1S/C32H24Cl2N4O8S2/c33-21-4-16-29(17-5-21)47(41,42)45-27-12-8-23(9-13-27)35-31(39)37-25-2-1-3-26(20-25)38-32(40)36-24-10-14-28(15-11-24)46-48(43,44)30-18-6-22(34)7-19-30/h1-20H,(H2,35,37,39)(H2,36,38,40). The largest absolute Gasteiger partial charge is 0.379 e. The first kappa shape index (κ1) is 34.1. The minimum Gasteiger partial charge on any atom is -0.379 e. The molecule has 5 rings (SSSR count). The molecular formula is C32H24Cl2N4O8S2. The van der Waals surface area contributed by atoms with Crippen molar-refractivity contribution in [1.82, 2.24) is 0 Å². The van der Waals surface area contributed by atoms with Gasteiger partial charge >= 0.3 is 32.3 Å². The Hall–Kier alpha value is -5.28. The molecular weight excluding hydrogens is 703 g/mol. The predicted molar refractivity (Wildman–Crippen MR) is 183 cm³/mol. The number of carbonyl (C=O) groups excluding carboxylic acids is 2. The van der Waals surface area contributed by atoms with Crippen LogP contribution < -0.4 is 29.6 Å². The van der Waals surface area contributed by atoms with Crippen molar-refractivity contribution in [3.05, 3.63) is 131 Å². The van der Waals surface area contributed by atoms with Crippen LogP contribution in [-0.4, -0.2) is 28.9 Å². The van der Waals surface area contributed by atoms with Gasteiger partial charge in [0.2, 0.25) is 0 Å². The van der Waals surface area contributed by atoms with E-state index < -0.39 is 32.3 Å². The molecule has 12 nitrogen and oxygen atoms in total. The van der Waals surface area contributed by atoms with E-state index in [2.05, 4.69) is 21.3 Å². The van der Waals surface area contributed by atoms with Crippen LogP contribution in [0, 0.1) is 0 Å². The summed E-state index contributed by atoms with van der Waals surface area (Å²) in [6.07, 6.45) is 0. The van der Waals surface area contributed by atoms with Gasteiger partial charge in [-0.15, -0.1) is 0 Å². The van der Waals surface area contributed by atoms with E-state index in [4.69, 9.17) is 31.6 Å². The summed E-state index contributed by atoms with van der Waals surface area (Å²) in [5, 5.41) is 11.3. The number of amides is 4. The highest BCUT2D eigenvalue weighted by Gasteiger charge is 2.18. The molecule has 0 aromatic heterocycles. The van der Waals surface area contributed by atoms with Crippen molar-refractivity contribution in [2.24, 2.45) is 0 Å². The number of hydrogen-bond donors (Lipinski definition) is 4. The Morgan fingerprint density at radius 2 is 0.792 bits per heavy atom. The van der Waals surface area contributed by atoms with Gasteiger partial charge in [0, 0.05) is 32.8 Å². The Bertz CT molecular complexity index is 2000. The van der Waals surface area contributed by atoms with Gasteiger partial charge in [-0.05, 0) is 115 Å². The highest BCUT2D eigenvalue weighted by Crippen LogP contribution is 2.24. The fourth-order valence-corrected chi connectivity index (χ4v) is 6.11. The minimum atomic E-state index is -4.08. The van der Waals surface area contributed by atoms with Crippen LogP contribution in [0.2, 0.25) is 10.0 Å². The van der Waals surface area contributed by atoms with Crippen molar-refractivity contribution in [3.8, 4) is 11.5 Å². The summed E-state index contributed by atoms with van der Waals surface area (Å²) in [4.78, 5) is 25.0. The van der Waals surface area contributed by atoms with E-state index in [-0.39, 0.29) is 21.3 Å². The summed E-state index contributed by atoms with van der Waals surface area (Å²) in [5.41, 5.74) is 1.44. The zero-order valence-electron chi connectivity index (χ0n) is 24.4. The summed E-state index contributed by atoms with van der Waals surface area (Å²) in [6.45, 7) is 0. The maximum Gasteiger partial charge on any atom is 0.339 e. The summed E-state index contributed by atoms with van der Waals surface area (Å²) in [7, 11) is -8.15. The second-order valence-electron chi connectivity index (χ2n) is 9.77. The van der Waals surface area contributed by atoms with E-state index in [0.717, 1.165) is 0 Å². The predicted octanol–water partition coefficient (Wildman–Crippen LogP) is 7.82. The second kappa shape index (κ2) is 14.6. The molecule has 4 N–H and O–H groups in total. The van der Waals surface area contributed by atoms with Crippen LogP contribution in [0.15, 0.2) is 131 Å². The first-order chi connectivity index (χ1) is 22.8. The minimum absolute atomic E-state index is 0.0411. The normalized spacial score (nSPS) is 11.2. The monoisotopic (exact) mass is 726 g/mol. The number of carbonyl (C=O) groups is 2. The number of hydrogen-bond acceptors (Lipinski definition) is 8. The van der Waals surface area contributed by atoms with Crippen molar-refractivity contribution in [2.45, 2.75) is 9.79 Å². The Kier molecular flexibility index (Phi) is 10.4. The highest BCUT2D eigenvalue weighted by molar-refractivity contribution is 7.87. The number of halogens is 2. The Balaban J connectivity index is 1.11. The maximum absolute atomic E-state index is 12.6. The van der Waals surface area contributed by atoms with Crippen molar-refractivity contribution < 1.29 is 34.8 Å². The molecule has 16 heteroatoms. The van der Waals surface area contributed by atoms with Gasteiger partial charge in [0.25, 0.3) is 0 Å². The summed E-state index contributed by atoms with van der Waals surface area (Å²) < 4.78 is 60.1. The molecule has 0 aliphatic heterocycles. The average molecular weight is 728 g/mol. The lowest BCUT2D eigenvalue weighted by Gasteiger charge is -2.12. The van der Waals surface area contributed by atoms with Crippen molar-refractivity contribution in [1.29, 1.82) is 0 Å². The van der Waals surface area contributed by atoms with Gasteiger partial charge in [0.15, 0.2) is 0 Å². The van der Waals surface area contributed by atoms with Crippen molar-refractivity contribution >= 4 is 78.2 Å². The molecule has 0 aliphatic rings. The second-order valence-corrected chi connectivity index (χ2v) is 13.7. The Labute approximate surface area is 285 Å². The third-order valence-corrected chi connectivity index (χ3v) is 9.25. The Morgan fingerprint density at radius 1 is 0.458 bits per heavy atom. The summed E-state index contributed by atoms with van der Waals surface area (Å²) in [6, 6.07) is 27.6. The first-order valence-corrected chi connectivity index (χ1v) is 17.3. The number of nitrogens with one attached hydrogen (secondary N) is 4. The zero-order chi connectivity index (χ0) is 34.3. The van der Waals surface area contributed by atoms with E-state index >= 15 is 0 Å². The molecule has 0 heterocycles. The van der Waals surface area contributed by atoms with Crippen LogP contribution in [0.25, 0.3) is 0 Å². The topological polar surface area (TPSA) is 169 Å². The van der Waals surface area contributed by atoms with E-state index in [0.29, 0.717) is 32.8 Å². The smallest absolute Gasteiger partial charge is 0.339 e. The third kappa shape index (κ3) is 9.39. The van der Waals surface area contributed by atoms with Gasteiger partial charge in [0.1, 0.15) is 21.3 Å². The molecule has 0 atom stereocenters. The molecule has 0 saturated carbocycles. The van der Waals surface area contributed by atoms with Crippen molar-refractivity contribution in [2.75, 3.05) is 21.3 Å². The number of benzene rings is 5. The quantitative estimate of drug-likeness (QED) is 0.106. The molecule has 0 saturated heterocycles. The molecule has 0 fully saturated rings. The lowest BCUT2D eigenvalue weighted by Crippen LogP contribution is -2.21. The van der Waals surface area contributed by atoms with Crippen LogP contribution in [0.1, 0.15) is 0 Å². The number of anilines is 4. The highest BCUT2D eigenvalue weighted by atomic mass is 35.5. The fraction of sp³-hybridized carbons (Fsp3) is 0. The average Bonchev–Trinajstić information content (AvgIpc) is 3.03. The van der Waals surface area contributed by atoms with Crippen LogP contribution >= 0.6 is 23.2 Å². The van der Waals surface area contributed by atoms with E-state index in [1.165, 1.54) is 103 Å². The molecule has 0 radical (unpaired) electrons. The van der Waals surface area contributed by atoms with Crippen LogP contribution in [0.5, 0.6) is 11.5 Å². The van der Waals surface area contributed by atoms with Gasteiger partial charge in [-0.2, -0.15) is 16.8 Å². The molecule has 0 bridgehead atoms. The van der Waals surface area contributed by atoms with E-state index in [1.807, 2.05) is 0 Å². The zero-order valence-corrected chi connectivity index (χ0v) is 27.5. The fourth-order valence-electron chi connectivity index (χ4n) is 4.00. The molecule has 5 aromatic carbocycles. The van der Waals surface area contributed by atoms with Crippen LogP contribution in [-0.2, 0) is 20.2 Å². The van der Waals surface area contributed by atoms with Gasteiger partial charge in [-0.1, -0.05) is 29.3 Å². The van der Waals surface area contributed by atoms with Crippen LogP contribution in [0.3, 0.4) is 0 Å². The van der Waals surface area contributed by atoms with Crippen molar-refractivity contribution in [3.63, 3.8) is 0 Å². The third-order valence-electron chi connectivity index (χ3n) is 6.22. The molecule has 246 valence electrons.